The summed E-state index contributed by atoms with van der Waals surface area (Å²) in [5.41, 5.74) is 2.24. The fourth-order valence-electron chi connectivity index (χ4n) is 4.14. The second-order valence-corrected chi connectivity index (χ2v) is 10.7. The van der Waals surface area contributed by atoms with Crippen molar-refractivity contribution in [1.82, 2.24) is 0 Å². The summed E-state index contributed by atoms with van der Waals surface area (Å²) < 4.78 is 70.3. The van der Waals surface area contributed by atoms with Crippen LogP contribution in [0.1, 0.15) is 32.3 Å². The Kier molecular flexibility index (Phi) is 14.8. The van der Waals surface area contributed by atoms with Gasteiger partial charge in [0.2, 0.25) is 5.69 Å². The summed E-state index contributed by atoms with van der Waals surface area (Å²) in [5, 5.41) is 3.18. The molecule has 1 atom stereocenters. The molecule has 1 aliphatic heterocycles. The molecule has 3 rings (SSSR count). The molecule has 2 aromatic carbocycles. The first kappa shape index (κ1) is 35.5. The summed E-state index contributed by atoms with van der Waals surface area (Å²) in [5.74, 6) is -0.525. The van der Waals surface area contributed by atoms with Crippen LogP contribution in [0.3, 0.4) is 0 Å². The van der Waals surface area contributed by atoms with Gasteiger partial charge < -0.3 is 14.4 Å². The molecule has 0 saturated heterocycles. The average molecular weight is 547 g/mol. The van der Waals surface area contributed by atoms with Crippen molar-refractivity contribution in [3.63, 3.8) is 0 Å². The number of para-hydroxylation sites is 1. The summed E-state index contributed by atoms with van der Waals surface area (Å²) in [6.07, 6.45) is 3.99. The number of benzene rings is 2. The van der Waals surface area contributed by atoms with Crippen LogP contribution in [0.4, 0.5) is 11.4 Å². The summed E-state index contributed by atoms with van der Waals surface area (Å²) in [4.78, 5) is -0.345. The molecule has 0 aliphatic carbocycles. The minimum atomic E-state index is -4.67. The normalized spacial score (nSPS) is 17.3. The molecule has 1 unspecified atom stereocenters. The van der Waals surface area contributed by atoms with Crippen LogP contribution in [0.5, 0.6) is 0 Å². The van der Waals surface area contributed by atoms with Crippen LogP contribution in [0.25, 0.3) is 0 Å². The zero-order chi connectivity index (χ0) is 23.6. The Balaban J connectivity index is 0.00000385. The van der Waals surface area contributed by atoms with E-state index in [0.29, 0.717) is 12.1 Å². The molecule has 172 valence electrons. The molecule has 1 aliphatic rings. The van der Waals surface area contributed by atoms with Gasteiger partial charge in [-0.05, 0) is 51.0 Å². The van der Waals surface area contributed by atoms with E-state index in [1.165, 1.54) is 12.1 Å². The minimum absolute atomic E-state index is 0. The second-order valence-electron chi connectivity index (χ2n) is 7.80. The largest absolute Gasteiger partial charge is 1.00 e. The maximum Gasteiger partial charge on any atom is 1.00 e. The van der Waals surface area contributed by atoms with Gasteiger partial charge in [-0.3, -0.25) is 0 Å². The smallest absolute Gasteiger partial charge is 0.748 e. The van der Waals surface area contributed by atoms with Gasteiger partial charge in [0, 0.05) is 35.3 Å². The first-order valence-corrected chi connectivity index (χ1v) is 13.1. The van der Waals surface area contributed by atoms with Crippen molar-refractivity contribution >= 4 is 37.3 Å². The molecule has 8 nitrogen and oxygen atoms in total. The Morgan fingerprint density at radius 1 is 1.00 bits per heavy atom. The molecule has 35 heavy (non-hydrogen) atoms. The molecular weight excluding hydrogens is 521 g/mol. The second kappa shape index (κ2) is 14.6. The Morgan fingerprint density at radius 2 is 1.63 bits per heavy atom. The van der Waals surface area contributed by atoms with Crippen LogP contribution in [0, 0.1) is 0 Å². The van der Waals surface area contributed by atoms with Crippen molar-refractivity contribution in [3.05, 3.63) is 66.4 Å². The number of fused-ring (bicyclic) bond motifs is 1. The van der Waals surface area contributed by atoms with Gasteiger partial charge in [0.25, 0.3) is 0 Å². The molecule has 0 saturated carbocycles. The van der Waals surface area contributed by atoms with Crippen molar-refractivity contribution in [2.45, 2.75) is 37.0 Å². The van der Waals surface area contributed by atoms with Crippen molar-refractivity contribution in [1.29, 1.82) is 0 Å². The fraction of sp³-hybridized carbons (Fsp3) is 0.318. The fourth-order valence-corrected chi connectivity index (χ4v) is 5.14. The Hall–Kier alpha value is 0.470. The Labute approximate surface area is 274 Å². The van der Waals surface area contributed by atoms with Crippen molar-refractivity contribution in [3.8, 4) is 0 Å². The molecule has 13 heteroatoms. The maximum atomic E-state index is 11.6. The maximum absolute atomic E-state index is 11.6. The van der Waals surface area contributed by atoms with E-state index in [2.05, 4.69) is 5.32 Å². The topological polar surface area (TPSA) is 129 Å². The first-order valence-electron chi connectivity index (χ1n) is 10.1. The zero-order valence-electron chi connectivity index (χ0n) is 20.8. The van der Waals surface area contributed by atoms with Crippen LogP contribution in [0.15, 0.2) is 65.7 Å². The monoisotopic (exact) mass is 546 g/mol. The molecule has 0 aromatic heterocycles. The van der Waals surface area contributed by atoms with E-state index < -0.39 is 31.4 Å². The Bertz CT molecular complexity index is 1280. The third kappa shape index (κ3) is 9.02. The number of hydrogen-bond acceptors (Lipinski definition) is 7. The Morgan fingerprint density at radius 3 is 2.17 bits per heavy atom. The van der Waals surface area contributed by atoms with Gasteiger partial charge in [-0.25, -0.2) is 16.8 Å². The van der Waals surface area contributed by atoms with E-state index in [9.17, 15) is 25.9 Å². The number of hydrogen-bond donors (Lipinski definition) is 1. The van der Waals surface area contributed by atoms with Crippen molar-refractivity contribution in [2.75, 3.05) is 17.6 Å². The number of allylic oxidation sites excluding steroid dienone is 1. The van der Waals surface area contributed by atoms with E-state index in [1.807, 2.05) is 54.8 Å². The summed E-state index contributed by atoms with van der Waals surface area (Å²) in [7, 11) is -9.06. The van der Waals surface area contributed by atoms with Gasteiger partial charge in [-0.15, -0.1) is 0 Å². The number of rotatable bonds is 9. The molecule has 1 heterocycles. The summed E-state index contributed by atoms with van der Waals surface area (Å²) >= 11 is 0. The molecule has 0 amide bonds. The van der Waals surface area contributed by atoms with E-state index in [0.717, 1.165) is 17.1 Å². The SMILES string of the molecule is CC[N+]1=C(/C=C/Nc2ccccc2)C(C)(CCCS(=O)(=O)[O-])c2cc(S(=O)(=O)[O-])ccc21.[Na+].[Na+].[Na+]. The van der Waals surface area contributed by atoms with Gasteiger partial charge in [0.1, 0.15) is 16.7 Å². The van der Waals surface area contributed by atoms with E-state index in [-0.39, 0.29) is 106 Å². The van der Waals surface area contributed by atoms with Crippen LogP contribution in [-0.2, 0) is 25.7 Å². The van der Waals surface area contributed by atoms with Crippen LogP contribution in [-0.4, -0.2) is 48.5 Å². The molecule has 0 bridgehead atoms. The average Bonchev–Trinajstić information content (AvgIpc) is 2.95. The third-order valence-electron chi connectivity index (χ3n) is 5.65. The van der Waals surface area contributed by atoms with Crippen molar-refractivity contribution in [2.24, 2.45) is 0 Å². The van der Waals surface area contributed by atoms with Gasteiger partial charge in [-0.2, -0.15) is 4.58 Å². The van der Waals surface area contributed by atoms with Gasteiger partial charge >= 0.3 is 88.7 Å². The predicted molar refractivity (Wildman–Crippen MR) is 120 cm³/mol. The van der Waals surface area contributed by atoms with E-state index in [4.69, 9.17) is 0 Å². The predicted octanol–water partition coefficient (Wildman–Crippen LogP) is -6.07. The molecule has 2 aromatic rings. The summed E-state index contributed by atoms with van der Waals surface area (Å²) in [6, 6.07) is 13.7. The molecule has 0 spiro atoms. The van der Waals surface area contributed by atoms with Gasteiger partial charge in [0.05, 0.1) is 20.4 Å². The molecular formula is C22H25N2Na3O6S2+2. The van der Waals surface area contributed by atoms with E-state index >= 15 is 0 Å². The van der Waals surface area contributed by atoms with Gasteiger partial charge in [0.15, 0.2) is 5.71 Å². The molecule has 1 N–H and O–H groups in total. The third-order valence-corrected chi connectivity index (χ3v) is 7.27. The summed E-state index contributed by atoms with van der Waals surface area (Å²) in [6.45, 7) is 4.37. The van der Waals surface area contributed by atoms with Gasteiger partial charge in [-0.1, -0.05) is 18.2 Å². The number of nitrogens with zero attached hydrogens (tertiary/aromatic N) is 1. The zero-order valence-corrected chi connectivity index (χ0v) is 28.4. The quantitative estimate of drug-likeness (QED) is 0.188. The molecule has 0 fully saturated rings. The van der Waals surface area contributed by atoms with Crippen LogP contribution < -0.4 is 94.0 Å². The van der Waals surface area contributed by atoms with Crippen LogP contribution >= 0.6 is 0 Å². The standard InChI is InChI=1S/C22H26N2O6S2.3Na/c1-3-24-20-11-10-18(32(28,29)30)16-19(20)22(2,13-7-15-31(25,26)27)21(24)12-14-23-17-8-5-4-6-9-17;;;/h4-6,8-12,14,16H,3,7,13,15H2,1-2H3,(H2,25,26,27,28,29,30);;;/q;3*+1/p-1. The minimum Gasteiger partial charge on any atom is -0.748 e. The first-order chi connectivity index (χ1) is 15.0. The number of nitrogens with one attached hydrogen (secondary N) is 1. The van der Waals surface area contributed by atoms with Crippen LogP contribution in [0.2, 0.25) is 0 Å². The van der Waals surface area contributed by atoms with E-state index in [1.54, 1.807) is 12.3 Å². The number of anilines is 1. The van der Waals surface area contributed by atoms with Crippen molar-refractivity contribution < 1.29 is 119 Å². The molecule has 0 radical (unpaired) electrons.